The number of rotatable bonds is 6. The second kappa shape index (κ2) is 9.68. The molecule has 0 aliphatic carbocycles. The molecule has 3 aromatic rings. The molecule has 1 fully saturated rings. The van der Waals surface area contributed by atoms with Crippen molar-refractivity contribution in [1.29, 1.82) is 0 Å². The highest BCUT2D eigenvalue weighted by molar-refractivity contribution is 5.90. The molecule has 2 heterocycles. The van der Waals surface area contributed by atoms with Crippen molar-refractivity contribution in [3.63, 3.8) is 0 Å². The zero-order valence-corrected chi connectivity index (χ0v) is 20.4. The van der Waals surface area contributed by atoms with Crippen LogP contribution in [0.15, 0.2) is 24.3 Å². The molecule has 0 saturated carbocycles. The van der Waals surface area contributed by atoms with Gasteiger partial charge >= 0.3 is 6.18 Å². The number of hydrogen-bond donors (Lipinski definition) is 2. The van der Waals surface area contributed by atoms with Crippen molar-refractivity contribution in [1.82, 2.24) is 14.9 Å². The Bertz CT molecular complexity index is 1280. The van der Waals surface area contributed by atoms with E-state index in [1.165, 1.54) is 19.1 Å². The first-order valence-electron chi connectivity index (χ1n) is 11.6. The fourth-order valence-electron chi connectivity index (χ4n) is 4.73. The lowest BCUT2D eigenvalue weighted by molar-refractivity contribution is -0.140. The van der Waals surface area contributed by atoms with E-state index in [4.69, 9.17) is 10.5 Å². The minimum Gasteiger partial charge on any atom is -0.486 e. The lowest BCUT2D eigenvalue weighted by atomic mass is 10.0. The van der Waals surface area contributed by atoms with Crippen LogP contribution in [0.3, 0.4) is 0 Å². The van der Waals surface area contributed by atoms with Gasteiger partial charge in [0.25, 0.3) is 0 Å². The van der Waals surface area contributed by atoms with Crippen LogP contribution in [0.1, 0.15) is 49.7 Å². The molecule has 1 aromatic heterocycles. The number of fused-ring (bicyclic) bond motifs is 1. The van der Waals surface area contributed by atoms with Crippen LogP contribution >= 0.6 is 0 Å². The number of nitrogen functional groups attached to an aromatic ring is 1. The Hall–Kier alpha value is -3.21. The summed E-state index contributed by atoms with van der Waals surface area (Å²) in [6.45, 7) is 5.90. The van der Waals surface area contributed by atoms with Crippen molar-refractivity contribution in [3.05, 3.63) is 52.9 Å². The third-order valence-corrected chi connectivity index (χ3v) is 6.54. The van der Waals surface area contributed by atoms with Gasteiger partial charge in [0.05, 0.1) is 17.1 Å². The minimum atomic E-state index is -4.90. The number of nitrogens with one attached hydrogen (secondary N) is 1. The molecule has 0 unspecified atom stereocenters. The summed E-state index contributed by atoms with van der Waals surface area (Å²) in [6.07, 6.45) is -3.22. The smallest absolute Gasteiger partial charge is 0.419 e. The van der Waals surface area contributed by atoms with Crippen molar-refractivity contribution in [2.45, 2.75) is 58.0 Å². The summed E-state index contributed by atoms with van der Waals surface area (Å²) >= 11 is 0. The van der Waals surface area contributed by atoms with Crippen molar-refractivity contribution in [2.24, 2.45) is 0 Å². The van der Waals surface area contributed by atoms with Crippen molar-refractivity contribution < 1.29 is 26.7 Å². The van der Waals surface area contributed by atoms with E-state index in [0.29, 0.717) is 17.3 Å². The number of alkyl halides is 3. The van der Waals surface area contributed by atoms with Gasteiger partial charge in [-0.05, 0) is 65.4 Å². The van der Waals surface area contributed by atoms with Gasteiger partial charge in [-0.3, -0.25) is 4.90 Å². The first-order chi connectivity index (χ1) is 16.8. The van der Waals surface area contributed by atoms with Gasteiger partial charge in [0.2, 0.25) is 0 Å². The van der Waals surface area contributed by atoms with E-state index in [2.05, 4.69) is 20.2 Å². The SMILES string of the molecule is Cc1nc(N[C@H](C)c2cc(N)cc(C(F)(F)F)c2F)c2cc(O[C@@H](C)[C@@H]3CCCN3C)c(F)cc2n1. The van der Waals surface area contributed by atoms with Gasteiger partial charge < -0.3 is 15.8 Å². The number of halogens is 5. The number of aryl methyl sites for hydroxylation is 1. The van der Waals surface area contributed by atoms with Crippen molar-refractivity contribution in [2.75, 3.05) is 24.6 Å². The number of anilines is 2. The number of nitrogens with zero attached hydrogens (tertiary/aromatic N) is 3. The molecule has 11 heteroatoms. The molecule has 36 heavy (non-hydrogen) atoms. The molecule has 6 nitrogen and oxygen atoms in total. The topological polar surface area (TPSA) is 76.3 Å². The summed E-state index contributed by atoms with van der Waals surface area (Å²) in [5, 5.41) is 3.34. The predicted molar refractivity (Wildman–Crippen MR) is 128 cm³/mol. The van der Waals surface area contributed by atoms with Crippen LogP contribution in [0.4, 0.5) is 33.5 Å². The molecule has 0 radical (unpaired) electrons. The summed E-state index contributed by atoms with van der Waals surface area (Å²) in [5.41, 5.74) is 3.97. The van der Waals surface area contributed by atoms with Gasteiger partial charge in [-0.1, -0.05) is 0 Å². The Morgan fingerprint density at radius 1 is 1.14 bits per heavy atom. The molecule has 1 saturated heterocycles. The zero-order chi connectivity index (χ0) is 26.4. The molecule has 1 aliphatic heterocycles. The number of likely N-dealkylation sites (N-methyl/N-ethyl adjacent to an activating group) is 1. The average molecular weight is 510 g/mol. The molecule has 4 rings (SSSR count). The molecular weight excluding hydrogens is 481 g/mol. The van der Waals surface area contributed by atoms with Crippen LogP contribution in [0.25, 0.3) is 10.9 Å². The largest absolute Gasteiger partial charge is 0.486 e. The second-order valence-electron chi connectivity index (χ2n) is 9.27. The molecule has 0 bridgehead atoms. The quantitative estimate of drug-likeness (QED) is 0.321. The van der Waals surface area contributed by atoms with Gasteiger partial charge in [0.15, 0.2) is 11.6 Å². The van der Waals surface area contributed by atoms with Crippen LogP contribution in [-0.4, -0.2) is 40.6 Å². The van der Waals surface area contributed by atoms with E-state index in [9.17, 15) is 22.0 Å². The Morgan fingerprint density at radius 3 is 2.50 bits per heavy atom. The van der Waals surface area contributed by atoms with E-state index >= 15 is 0 Å². The van der Waals surface area contributed by atoms with E-state index in [1.54, 1.807) is 6.92 Å². The highest BCUT2D eigenvalue weighted by atomic mass is 19.4. The summed E-state index contributed by atoms with van der Waals surface area (Å²) in [7, 11) is 1.99. The Labute approximate surface area is 205 Å². The minimum absolute atomic E-state index is 0.00736. The van der Waals surface area contributed by atoms with Crippen molar-refractivity contribution >= 4 is 22.4 Å². The molecule has 0 amide bonds. The fourth-order valence-corrected chi connectivity index (χ4v) is 4.73. The van der Waals surface area contributed by atoms with Crippen LogP contribution in [0, 0.1) is 18.6 Å². The Morgan fingerprint density at radius 2 is 1.86 bits per heavy atom. The fraction of sp³-hybridized carbons (Fsp3) is 0.440. The molecular formula is C25H28F5N5O. The monoisotopic (exact) mass is 509 g/mol. The molecule has 0 spiro atoms. The number of aromatic nitrogens is 2. The maximum absolute atomic E-state index is 14.9. The Balaban J connectivity index is 1.70. The lowest BCUT2D eigenvalue weighted by Crippen LogP contribution is -2.38. The van der Waals surface area contributed by atoms with Crippen LogP contribution in [-0.2, 0) is 6.18 Å². The second-order valence-corrected chi connectivity index (χ2v) is 9.27. The highest BCUT2D eigenvalue weighted by Gasteiger charge is 2.36. The van der Waals surface area contributed by atoms with Gasteiger partial charge in [0.1, 0.15) is 23.6 Å². The molecule has 2 aromatic carbocycles. The summed E-state index contributed by atoms with van der Waals surface area (Å²) in [6, 6.07) is 3.58. The molecule has 3 atom stereocenters. The van der Waals surface area contributed by atoms with E-state index in [-0.39, 0.29) is 40.5 Å². The van der Waals surface area contributed by atoms with Gasteiger partial charge in [0, 0.05) is 28.7 Å². The van der Waals surface area contributed by atoms with Gasteiger partial charge in [-0.15, -0.1) is 0 Å². The molecule has 1 aliphatic rings. The number of nitrogens with two attached hydrogens (primary N) is 1. The van der Waals surface area contributed by atoms with Crippen LogP contribution in [0.2, 0.25) is 0 Å². The van der Waals surface area contributed by atoms with Crippen molar-refractivity contribution in [3.8, 4) is 5.75 Å². The number of ether oxygens (including phenoxy) is 1. The third kappa shape index (κ3) is 5.16. The third-order valence-electron chi connectivity index (χ3n) is 6.54. The first kappa shape index (κ1) is 25.9. The summed E-state index contributed by atoms with van der Waals surface area (Å²) < 4.78 is 75.6. The Kier molecular flexibility index (Phi) is 6.96. The van der Waals surface area contributed by atoms with Crippen LogP contribution < -0.4 is 15.8 Å². The maximum Gasteiger partial charge on any atom is 0.419 e. The van der Waals surface area contributed by atoms with Gasteiger partial charge in [-0.25, -0.2) is 18.7 Å². The van der Waals surface area contributed by atoms with E-state index in [1.807, 2.05) is 14.0 Å². The summed E-state index contributed by atoms with van der Waals surface area (Å²) in [4.78, 5) is 10.8. The van der Waals surface area contributed by atoms with Crippen LogP contribution in [0.5, 0.6) is 5.75 Å². The molecule has 194 valence electrons. The lowest BCUT2D eigenvalue weighted by Gasteiger charge is -2.27. The molecule has 3 N–H and O–H groups in total. The number of benzene rings is 2. The number of hydrogen-bond acceptors (Lipinski definition) is 6. The zero-order valence-electron chi connectivity index (χ0n) is 20.4. The van der Waals surface area contributed by atoms with Gasteiger partial charge in [-0.2, -0.15) is 13.2 Å². The average Bonchev–Trinajstić information content (AvgIpc) is 3.21. The van der Waals surface area contributed by atoms with E-state index in [0.717, 1.165) is 25.5 Å². The highest BCUT2D eigenvalue weighted by Crippen LogP contribution is 2.37. The first-order valence-corrected chi connectivity index (χ1v) is 11.6. The normalized spacial score (nSPS) is 18.4. The predicted octanol–water partition coefficient (Wildman–Crippen LogP) is 5.85. The van der Waals surface area contributed by atoms with E-state index < -0.39 is 29.4 Å². The maximum atomic E-state index is 14.9. The summed E-state index contributed by atoms with van der Waals surface area (Å²) in [5.74, 6) is -1.50. The standard InChI is InChI=1S/C25H28F5N5O/c1-12(16-8-15(31)9-18(23(16)27)25(28,29)30)32-24-17-10-22(19(26)11-20(17)33-14(3)34-24)36-13(2)21-6-5-7-35(21)4/h8-13,21H,5-7,31H2,1-4H3,(H,32,33,34)/t12-,13+,21+/m1/s1. The number of likely N-dealkylation sites (tertiary alicyclic amines) is 1.